The van der Waals surface area contributed by atoms with Crippen LogP contribution in [0.25, 0.3) is 0 Å². The zero-order valence-electron chi connectivity index (χ0n) is 15.3. The summed E-state index contributed by atoms with van der Waals surface area (Å²) in [4.78, 5) is 14.4. The molecule has 26 heavy (non-hydrogen) atoms. The van der Waals surface area contributed by atoms with Gasteiger partial charge >= 0.3 is 0 Å². The van der Waals surface area contributed by atoms with Crippen LogP contribution in [-0.4, -0.2) is 63.9 Å². The van der Waals surface area contributed by atoms with E-state index in [2.05, 4.69) is 11.9 Å². The van der Waals surface area contributed by atoms with E-state index in [0.717, 1.165) is 25.9 Å². The molecule has 0 spiro atoms. The third-order valence-electron chi connectivity index (χ3n) is 5.74. The van der Waals surface area contributed by atoms with E-state index in [0.29, 0.717) is 18.2 Å². The molecule has 2 heterocycles. The van der Waals surface area contributed by atoms with Gasteiger partial charge < -0.3 is 15.4 Å². The first-order valence-corrected chi connectivity index (χ1v) is 10.4. The monoisotopic (exact) mass is 381 g/mol. The van der Waals surface area contributed by atoms with Crippen molar-refractivity contribution >= 4 is 15.9 Å². The number of nitrogens with two attached hydrogens (primary N) is 1. The Morgan fingerprint density at radius 1 is 1.23 bits per heavy atom. The number of ether oxygens (including phenoxy) is 1. The minimum absolute atomic E-state index is 0.0124. The first-order valence-electron chi connectivity index (χ1n) is 8.95. The highest BCUT2D eigenvalue weighted by molar-refractivity contribution is 7.89. The van der Waals surface area contributed by atoms with Gasteiger partial charge in [0.1, 0.15) is 5.75 Å². The Hall–Kier alpha value is -1.64. The van der Waals surface area contributed by atoms with Crippen molar-refractivity contribution in [2.24, 2.45) is 23.5 Å². The van der Waals surface area contributed by atoms with Gasteiger partial charge in [0.05, 0.1) is 17.9 Å². The van der Waals surface area contributed by atoms with Crippen LogP contribution in [-0.2, 0) is 14.8 Å². The molecule has 0 aliphatic carbocycles. The van der Waals surface area contributed by atoms with Crippen molar-refractivity contribution < 1.29 is 17.9 Å². The number of amides is 1. The molecule has 1 amide bonds. The summed E-state index contributed by atoms with van der Waals surface area (Å²) >= 11 is 0. The van der Waals surface area contributed by atoms with Crippen molar-refractivity contribution in [2.45, 2.75) is 17.7 Å². The van der Waals surface area contributed by atoms with Gasteiger partial charge in [0, 0.05) is 19.2 Å². The summed E-state index contributed by atoms with van der Waals surface area (Å²) in [6.07, 6.45) is 1.94. The summed E-state index contributed by atoms with van der Waals surface area (Å²) in [7, 11) is -0.105. The smallest absolute Gasteiger partial charge is 0.243 e. The number of hydrogen-bond donors (Lipinski definition) is 1. The topological polar surface area (TPSA) is 92.9 Å². The maximum atomic E-state index is 13.1. The SMILES string of the molecule is COc1cccc(S(=O)(=O)N2C[C@@H](C(N)=O)[C@H](C3CCN(C)CC3)C2)c1. The first kappa shape index (κ1) is 19.1. The number of carbonyl (C=O) groups excluding carboxylic acids is 1. The molecule has 2 N–H and O–H groups in total. The lowest BCUT2D eigenvalue weighted by molar-refractivity contribution is -0.123. The average Bonchev–Trinajstić information content (AvgIpc) is 3.09. The largest absolute Gasteiger partial charge is 0.497 e. The van der Waals surface area contributed by atoms with Crippen molar-refractivity contribution in [2.75, 3.05) is 40.3 Å². The molecular formula is C18H27N3O4S. The average molecular weight is 381 g/mol. The lowest BCUT2D eigenvalue weighted by atomic mass is 9.78. The molecule has 0 bridgehead atoms. The van der Waals surface area contributed by atoms with E-state index in [4.69, 9.17) is 10.5 Å². The van der Waals surface area contributed by atoms with Gasteiger partial charge in [-0.15, -0.1) is 0 Å². The second kappa shape index (κ2) is 7.54. The molecule has 0 aromatic heterocycles. The van der Waals surface area contributed by atoms with Crippen molar-refractivity contribution in [1.29, 1.82) is 0 Å². The van der Waals surface area contributed by atoms with Crippen LogP contribution in [0, 0.1) is 17.8 Å². The molecule has 2 saturated heterocycles. The Bertz CT molecular complexity index is 759. The first-order chi connectivity index (χ1) is 12.3. The van der Waals surface area contributed by atoms with E-state index in [-0.39, 0.29) is 17.4 Å². The van der Waals surface area contributed by atoms with Crippen LogP contribution in [0.3, 0.4) is 0 Å². The van der Waals surface area contributed by atoms with Crippen LogP contribution in [0.15, 0.2) is 29.2 Å². The number of primary amides is 1. The van der Waals surface area contributed by atoms with Crippen molar-refractivity contribution in [3.05, 3.63) is 24.3 Å². The summed E-state index contributed by atoms with van der Waals surface area (Å²) in [6, 6.07) is 6.43. The minimum Gasteiger partial charge on any atom is -0.497 e. The Labute approximate surface area is 155 Å². The fourth-order valence-electron chi connectivity index (χ4n) is 4.13. The summed E-state index contributed by atoms with van der Waals surface area (Å²) in [5.74, 6) is -0.0274. The normalized spacial score (nSPS) is 26.1. The molecule has 1 aromatic rings. The Morgan fingerprint density at radius 2 is 1.92 bits per heavy atom. The molecular weight excluding hydrogens is 354 g/mol. The van der Waals surface area contributed by atoms with Gasteiger partial charge in [0.15, 0.2) is 0 Å². The molecule has 2 aliphatic heterocycles. The number of carbonyl (C=O) groups is 1. The number of methoxy groups -OCH3 is 1. The Kier molecular flexibility index (Phi) is 5.55. The number of benzene rings is 1. The third-order valence-corrected chi connectivity index (χ3v) is 7.57. The number of rotatable bonds is 5. The molecule has 2 fully saturated rings. The molecule has 8 heteroatoms. The second-order valence-corrected chi connectivity index (χ2v) is 9.25. The molecule has 0 unspecified atom stereocenters. The van der Waals surface area contributed by atoms with Gasteiger partial charge in [-0.25, -0.2) is 8.42 Å². The van der Waals surface area contributed by atoms with Gasteiger partial charge in [-0.05, 0) is 56.9 Å². The Morgan fingerprint density at radius 3 is 2.54 bits per heavy atom. The van der Waals surface area contributed by atoms with E-state index < -0.39 is 21.8 Å². The molecule has 0 saturated carbocycles. The van der Waals surface area contributed by atoms with E-state index in [1.807, 2.05) is 0 Å². The summed E-state index contributed by atoms with van der Waals surface area (Å²) in [5.41, 5.74) is 5.62. The highest BCUT2D eigenvalue weighted by Crippen LogP contribution is 2.37. The van der Waals surface area contributed by atoms with Gasteiger partial charge in [0.2, 0.25) is 15.9 Å². The highest BCUT2D eigenvalue weighted by Gasteiger charge is 2.45. The molecule has 3 rings (SSSR count). The summed E-state index contributed by atoms with van der Waals surface area (Å²) in [6.45, 7) is 2.44. The van der Waals surface area contributed by atoms with Crippen LogP contribution < -0.4 is 10.5 Å². The van der Waals surface area contributed by atoms with E-state index in [1.54, 1.807) is 18.2 Å². The maximum absolute atomic E-state index is 13.1. The fraction of sp³-hybridized carbons (Fsp3) is 0.611. The van der Waals surface area contributed by atoms with Crippen LogP contribution in [0.5, 0.6) is 5.75 Å². The van der Waals surface area contributed by atoms with Crippen LogP contribution >= 0.6 is 0 Å². The Balaban J connectivity index is 1.83. The van der Waals surface area contributed by atoms with E-state index >= 15 is 0 Å². The standard InChI is InChI=1S/C18H27N3O4S/c1-20-8-6-13(7-9-20)16-11-21(12-17(16)18(19)22)26(23,24)15-5-3-4-14(10-15)25-2/h3-5,10,13,16-17H,6-9,11-12H2,1-2H3,(H2,19,22)/t16-,17+/m0/s1. The summed E-state index contributed by atoms with van der Waals surface area (Å²) in [5, 5.41) is 0. The van der Waals surface area contributed by atoms with Crippen molar-refractivity contribution in [3.8, 4) is 5.75 Å². The van der Waals surface area contributed by atoms with Crippen LogP contribution in [0.2, 0.25) is 0 Å². The van der Waals surface area contributed by atoms with Crippen molar-refractivity contribution in [1.82, 2.24) is 9.21 Å². The zero-order valence-corrected chi connectivity index (χ0v) is 16.1. The molecule has 144 valence electrons. The fourth-order valence-corrected chi connectivity index (χ4v) is 5.67. The molecule has 0 radical (unpaired) electrons. The van der Waals surface area contributed by atoms with Crippen LogP contribution in [0.4, 0.5) is 0 Å². The zero-order chi connectivity index (χ0) is 18.9. The predicted molar refractivity (Wildman–Crippen MR) is 98.1 cm³/mol. The maximum Gasteiger partial charge on any atom is 0.243 e. The van der Waals surface area contributed by atoms with Crippen LogP contribution in [0.1, 0.15) is 12.8 Å². The van der Waals surface area contributed by atoms with E-state index in [1.165, 1.54) is 17.5 Å². The number of hydrogen-bond acceptors (Lipinski definition) is 5. The lowest BCUT2D eigenvalue weighted by Crippen LogP contribution is -2.38. The predicted octanol–water partition coefficient (Wildman–Crippen LogP) is 0.759. The number of piperidine rings is 1. The van der Waals surface area contributed by atoms with Crippen molar-refractivity contribution in [3.63, 3.8) is 0 Å². The van der Waals surface area contributed by atoms with Gasteiger partial charge in [0.25, 0.3) is 0 Å². The molecule has 2 aliphatic rings. The van der Waals surface area contributed by atoms with E-state index in [9.17, 15) is 13.2 Å². The minimum atomic E-state index is -3.68. The van der Waals surface area contributed by atoms with Gasteiger partial charge in [-0.2, -0.15) is 4.31 Å². The number of nitrogens with zero attached hydrogens (tertiary/aromatic N) is 2. The van der Waals surface area contributed by atoms with Gasteiger partial charge in [-0.1, -0.05) is 6.07 Å². The molecule has 1 aromatic carbocycles. The van der Waals surface area contributed by atoms with Gasteiger partial charge in [-0.3, -0.25) is 4.79 Å². The lowest BCUT2D eigenvalue weighted by Gasteiger charge is -2.34. The third kappa shape index (κ3) is 3.72. The molecule has 7 nitrogen and oxygen atoms in total. The highest BCUT2D eigenvalue weighted by atomic mass is 32.2. The summed E-state index contributed by atoms with van der Waals surface area (Å²) < 4.78 is 32.7. The number of likely N-dealkylation sites (tertiary alicyclic amines) is 1. The number of sulfonamides is 1. The second-order valence-electron chi connectivity index (χ2n) is 7.31. The molecule has 2 atom stereocenters. The quantitative estimate of drug-likeness (QED) is 0.813.